The molecule has 0 aliphatic carbocycles. The fourth-order valence-corrected chi connectivity index (χ4v) is 2.49. The Labute approximate surface area is 115 Å². The van der Waals surface area contributed by atoms with Gasteiger partial charge in [-0.3, -0.25) is 0 Å². The first kappa shape index (κ1) is 13.7. The zero-order chi connectivity index (χ0) is 14.0. The molecule has 0 radical (unpaired) electrons. The van der Waals surface area contributed by atoms with Crippen molar-refractivity contribution in [2.75, 3.05) is 5.73 Å². The first-order chi connectivity index (χ1) is 9.06. The number of nitrogens with two attached hydrogens (primary N) is 1. The molecule has 1 aromatic heterocycles. The first-order valence-electron chi connectivity index (χ1n) is 6.97. The van der Waals surface area contributed by atoms with E-state index in [9.17, 15) is 0 Å². The number of benzene rings is 1. The van der Waals surface area contributed by atoms with E-state index >= 15 is 0 Å². The Morgan fingerprint density at radius 3 is 2.26 bits per heavy atom. The summed E-state index contributed by atoms with van der Waals surface area (Å²) in [5.41, 5.74) is 8.54. The minimum Gasteiger partial charge on any atom is -0.384 e. The third kappa shape index (κ3) is 2.50. The lowest BCUT2D eigenvalue weighted by Crippen LogP contribution is -2.07. The van der Waals surface area contributed by atoms with Gasteiger partial charge in [-0.2, -0.15) is 0 Å². The van der Waals surface area contributed by atoms with E-state index in [1.54, 1.807) is 0 Å². The summed E-state index contributed by atoms with van der Waals surface area (Å²) in [6.07, 6.45) is 0. The van der Waals surface area contributed by atoms with Gasteiger partial charge in [0.1, 0.15) is 11.6 Å². The molecule has 1 heterocycles. The molecule has 1 atom stereocenters. The Bertz CT molecular complexity index is 541. The third-order valence-corrected chi connectivity index (χ3v) is 3.61. The third-order valence-electron chi connectivity index (χ3n) is 3.61. The number of imidazole rings is 1. The SMILES string of the molecule is CCn1c(C(C)C)nc(C(C)c2ccccc2)c1N. The predicted octanol–water partition coefficient (Wildman–Crippen LogP) is 3.76. The molecule has 102 valence electrons. The number of anilines is 1. The maximum atomic E-state index is 6.29. The van der Waals surface area contributed by atoms with E-state index in [-0.39, 0.29) is 5.92 Å². The molecule has 3 heteroatoms. The lowest BCUT2D eigenvalue weighted by molar-refractivity contribution is 0.658. The van der Waals surface area contributed by atoms with E-state index in [0.29, 0.717) is 5.92 Å². The summed E-state index contributed by atoms with van der Waals surface area (Å²) in [6, 6.07) is 10.4. The van der Waals surface area contributed by atoms with E-state index in [2.05, 4.69) is 56.5 Å². The van der Waals surface area contributed by atoms with Crippen LogP contribution in [0.15, 0.2) is 30.3 Å². The number of aromatic nitrogens is 2. The van der Waals surface area contributed by atoms with Crippen molar-refractivity contribution in [3.63, 3.8) is 0 Å². The number of hydrogen-bond donors (Lipinski definition) is 1. The van der Waals surface area contributed by atoms with Crippen LogP contribution < -0.4 is 5.73 Å². The van der Waals surface area contributed by atoms with Gasteiger partial charge in [0, 0.05) is 18.4 Å². The zero-order valence-corrected chi connectivity index (χ0v) is 12.2. The standard InChI is InChI=1S/C16H23N3/c1-5-19-15(17)14(18-16(19)11(2)3)12(4)13-9-7-6-8-10-13/h6-12H,5,17H2,1-4H3. The lowest BCUT2D eigenvalue weighted by atomic mass is 9.98. The molecule has 0 saturated carbocycles. The molecule has 2 aromatic rings. The highest BCUT2D eigenvalue weighted by Crippen LogP contribution is 2.30. The van der Waals surface area contributed by atoms with Crippen molar-refractivity contribution < 1.29 is 0 Å². The van der Waals surface area contributed by atoms with Crippen molar-refractivity contribution in [3.8, 4) is 0 Å². The number of hydrogen-bond acceptors (Lipinski definition) is 2. The Morgan fingerprint density at radius 2 is 1.79 bits per heavy atom. The number of nitrogens with zero attached hydrogens (tertiary/aromatic N) is 2. The summed E-state index contributed by atoms with van der Waals surface area (Å²) in [6.45, 7) is 9.46. The highest BCUT2D eigenvalue weighted by molar-refractivity contribution is 5.45. The molecular formula is C16H23N3. The molecule has 0 amide bonds. The molecule has 1 aromatic carbocycles. The van der Waals surface area contributed by atoms with Crippen molar-refractivity contribution in [2.24, 2.45) is 0 Å². The van der Waals surface area contributed by atoms with Crippen LogP contribution >= 0.6 is 0 Å². The lowest BCUT2D eigenvalue weighted by Gasteiger charge is -2.11. The summed E-state index contributed by atoms with van der Waals surface area (Å²) in [7, 11) is 0. The van der Waals surface area contributed by atoms with Crippen LogP contribution in [0.4, 0.5) is 5.82 Å². The summed E-state index contributed by atoms with van der Waals surface area (Å²) in [5, 5.41) is 0. The topological polar surface area (TPSA) is 43.8 Å². The van der Waals surface area contributed by atoms with Crippen LogP contribution in [0.3, 0.4) is 0 Å². The van der Waals surface area contributed by atoms with E-state index in [0.717, 1.165) is 23.9 Å². The second-order valence-corrected chi connectivity index (χ2v) is 5.27. The van der Waals surface area contributed by atoms with Crippen LogP contribution in [0.1, 0.15) is 56.6 Å². The summed E-state index contributed by atoms with van der Waals surface area (Å²) >= 11 is 0. The molecule has 2 rings (SSSR count). The van der Waals surface area contributed by atoms with Gasteiger partial charge in [0.05, 0.1) is 5.69 Å². The molecule has 0 aliphatic heterocycles. The van der Waals surface area contributed by atoms with E-state index < -0.39 is 0 Å². The van der Waals surface area contributed by atoms with E-state index in [4.69, 9.17) is 10.7 Å². The number of rotatable bonds is 4. The highest BCUT2D eigenvalue weighted by Gasteiger charge is 2.21. The molecule has 1 unspecified atom stereocenters. The minimum atomic E-state index is 0.228. The molecular weight excluding hydrogens is 234 g/mol. The minimum absolute atomic E-state index is 0.228. The first-order valence-corrected chi connectivity index (χ1v) is 6.97. The predicted molar refractivity (Wildman–Crippen MR) is 80.4 cm³/mol. The zero-order valence-electron chi connectivity index (χ0n) is 12.2. The molecule has 0 bridgehead atoms. The maximum absolute atomic E-state index is 6.29. The highest BCUT2D eigenvalue weighted by atomic mass is 15.1. The van der Waals surface area contributed by atoms with E-state index in [1.807, 2.05) is 6.07 Å². The van der Waals surface area contributed by atoms with Crippen molar-refractivity contribution in [3.05, 3.63) is 47.4 Å². The van der Waals surface area contributed by atoms with Gasteiger partial charge in [-0.1, -0.05) is 51.1 Å². The average molecular weight is 257 g/mol. The van der Waals surface area contributed by atoms with Crippen LogP contribution in [0.5, 0.6) is 0 Å². The van der Waals surface area contributed by atoms with Gasteiger partial charge in [0.15, 0.2) is 0 Å². The maximum Gasteiger partial charge on any atom is 0.127 e. The fourth-order valence-electron chi connectivity index (χ4n) is 2.49. The van der Waals surface area contributed by atoms with Gasteiger partial charge >= 0.3 is 0 Å². The van der Waals surface area contributed by atoms with E-state index in [1.165, 1.54) is 5.56 Å². The number of nitrogen functional groups attached to an aromatic ring is 1. The normalized spacial score (nSPS) is 12.9. The van der Waals surface area contributed by atoms with Crippen LogP contribution in [0.25, 0.3) is 0 Å². The Balaban J connectivity index is 2.46. The average Bonchev–Trinajstić information content (AvgIpc) is 2.76. The summed E-state index contributed by atoms with van der Waals surface area (Å²) in [5.74, 6) is 2.51. The Hall–Kier alpha value is -1.77. The molecule has 0 aliphatic rings. The van der Waals surface area contributed by atoms with Crippen molar-refractivity contribution in [1.82, 2.24) is 9.55 Å². The fraction of sp³-hybridized carbons (Fsp3) is 0.438. The molecule has 2 N–H and O–H groups in total. The van der Waals surface area contributed by atoms with Gasteiger partial charge in [-0.05, 0) is 12.5 Å². The Morgan fingerprint density at radius 1 is 1.16 bits per heavy atom. The van der Waals surface area contributed by atoms with Gasteiger partial charge in [0.2, 0.25) is 0 Å². The molecule has 3 nitrogen and oxygen atoms in total. The Kier molecular flexibility index (Phi) is 3.93. The molecule has 0 spiro atoms. The van der Waals surface area contributed by atoms with Gasteiger partial charge in [0.25, 0.3) is 0 Å². The second kappa shape index (κ2) is 5.47. The molecule has 19 heavy (non-hydrogen) atoms. The van der Waals surface area contributed by atoms with Gasteiger partial charge in [-0.25, -0.2) is 4.98 Å². The van der Waals surface area contributed by atoms with Crippen molar-refractivity contribution in [2.45, 2.75) is 46.1 Å². The second-order valence-electron chi connectivity index (χ2n) is 5.27. The summed E-state index contributed by atoms with van der Waals surface area (Å²) in [4.78, 5) is 4.79. The molecule has 0 saturated heterocycles. The van der Waals surface area contributed by atoms with Crippen LogP contribution in [-0.2, 0) is 6.54 Å². The molecule has 0 fully saturated rings. The summed E-state index contributed by atoms with van der Waals surface area (Å²) < 4.78 is 2.12. The van der Waals surface area contributed by atoms with Crippen molar-refractivity contribution in [1.29, 1.82) is 0 Å². The van der Waals surface area contributed by atoms with Crippen LogP contribution in [0, 0.1) is 0 Å². The van der Waals surface area contributed by atoms with Crippen molar-refractivity contribution >= 4 is 5.82 Å². The van der Waals surface area contributed by atoms with Crippen LogP contribution in [0.2, 0.25) is 0 Å². The smallest absolute Gasteiger partial charge is 0.127 e. The quantitative estimate of drug-likeness (QED) is 0.906. The van der Waals surface area contributed by atoms with Gasteiger partial charge in [-0.15, -0.1) is 0 Å². The largest absolute Gasteiger partial charge is 0.384 e. The monoisotopic (exact) mass is 257 g/mol. The van der Waals surface area contributed by atoms with Gasteiger partial charge < -0.3 is 10.3 Å². The van der Waals surface area contributed by atoms with Crippen LogP contribution in [-0.4, -0.2) is 9.55 Å².